The van der Waals surface area contributed by atoms with Crippen LogP contribution in [0.4, 0.5) is 0 Å². The zero-order valence-electron chi connectivity index (χ0n) is 40.2. The van der Waals surface area contributed by atoms with Crippen LogP contribution in [0.1, 0.15) is 114 Å². The van der Waals surface area contributed by atoms with Gasteiger partial charge in [0.05, 0.1) is 43.2 Å². The molecule has 26 atom stereocenters. The Balaban J connectivity index is 1.27. The number of ether oxygens (including phenoxy) is 6. The monoisotopic (exact) mass is 947 g/mol. The largest absolute Gasteiger partial charge is 0.394 e. The molecule has 7 aliphatic rings. The summed E-state index contributed by atoms with van der Waals surface area (Å²) in [6.45, 7) is 16.8. The molecule has 3 aliphatic heterocycles. The van der Waals surface area contributed by atoms with Crippen molar-refractivity contribution in [2.75, 3.05) is 13.2 Å². The fourth-order valence-corrected chi connectivity index (χ4v) is 14.9. The molecule has 3 heterocycles. The fraction of sp³-hybridized carbons (Fsp3) is 0.958. The number of hydrogen-bond donors (Lipinski definition) is 12. The molecule has 66 heavy (non-hydrogen) atoms. The standard InChI is InChI=1S/C48H82O18/c1-21(2)11-10-14-48(9,66-42-38(60)35(57)32(54)26(19-49)63-42)23-12-16-46(7)30(23)24(51)17-28-45(6)15-13-29(52)44(4,5)40(45)25(18-47(28,46)8)62-43-39(36(58)33(55)27(20-50)64-43)65-41-37(59)34(56)31(53)22(3)61-41/h11,22-43,49-60H,10,12-20H2,1-9H3/t22-,23-,24-,25+,26+,27+,28+,29?,30-,31-,32+,33+,34+,35-,36-,37+,38+,39+,40?,41-,42-,43+,45+,46+,47+,48-/m0/s1. The Hall–Kier alpha value is -0.980. The molecule has 18 nitrogen and oxygen atoms in total. The van der Waals surface area contributed by atoms with E-state index >= 15 is 0 Å². The number of aliphatic hydroxyl groups is 12. The van der Waals surface area contributed by atoms with Crippen molar-refractivity contribution in [1.29, 1.82) is 0 Å². The lowest BCUT2D eigenvalue weighted by Crippen LogP contribution is -2.71. The minimum absolute atomic E-state index is 0.0861. The third-order valence-corrected chi connectivity index (χ3v) is 18.7. The maximum absolute atomic E-state index is 12.7. The van der Waals surface area contributed by atoms with Crippen LogP contribution in [-0.4, -0.2) is 191 Å². The highest BCUT2D eigenvalue weighted by molar-refractivity contribution is 5.22. The van der Waals surface area contributed by atoms with Gasteiger partial charge in [0.15, 0.2) is 18.9 Å². The first-order valence-electron chi connectivity index (χ1n) is 24.3. The summed E-state index contributed by atoms with van der Waals surface area (Å²) in [5.74, 6) is -1.12. The summed E-state index contributed by atoms with van der Waals surface area (Å²) < 4.78 is 38.1. The zero-order chi connectivity index (χ0) is 48.8. The molecular weight excluding hydrogens is 865 g/mol. The van der Waals surface area contributed by atoms with Crippen LogP contribution in [0.2, 0.25) is 0 Å². The van der Waals surface area contributed by atoms with Gasteiger partial charge in [-0.15, -0.1) is 0 Å². The molecule has 382 valence electrons. The summed E-state index contributed by atoms with van der Waals surface area (Å²) >= 11 is 0. The zero-order valence-corrected chi connectivity index (χ0v) is 40.2. The minimum atomic E-state index is -1.75. The summed E-state index contributed by atoms with van der Waals surface area (Å²) in [5.41, 5.74) is -2.43. The van der Waals surface area contributed by atoms with Crippen molar-refractivity contribution in [3.8, 4) is 0 Å². The second kappa shape index (κ2) is 19.2. The molecule has 0 radical (unpaired) electrons. The molecular formula is C48H82O18. The van der Waals surface area contributed by atoms with Gasteiger partial charge in [0.1, 0.15) is 67.1 Å². The van der Waals surface area contributed by atoms with Gasteiger partial charge in [-0.2, -0.15) is 0 Å². The van der Waals surface area contributed by atoms with E-state index in [9.17, 15) is 61.3 Å². The smallest absolute Gasteiger partial charge is 0.187 e. The third kappa shape index (κ3) is 8.69. The first-order valence-corrected chi connectivity index (χ1v) is 24.3. The first-order chi connectivity index (χ1) is 30.7. The van der Waals surface area contributed by atoms with E-state index in [1.54, 1.807) is 0 Å². The Morgan fingerprint density at radius 1 is 0.682 bits per heavy atom. The van der Waals surface area contributed by atoms with Crippen molar-refractivity contribution in [2.24, 2.45) is 45.3 Å². The minimum Gasteiger partial charge on any atom is -0.394 e. The van der Waals surface area contributed by atoms with E-state index in [4.69, 9.17) is 28.4 Å². The number of allylic oxidation sites excluding steroid dienone is 2. The number of fused-ring (bicyclic) bond motifs is 5. The molecule has 0 aromatic heterocycles. The van der Waals surface area contributed by atoms with E-state index in [1.165, 1.54) is 6.92 Å². The van der Waals surface area contributed by atoms with Crippen LogP contribution >= 0.6 is 0 Å². The topological polar surface area (TPSA) is 298 Å². The van der Waals surface area contributed by atoms with E-state index in [2.05, 4.69) is 26.8 Å². The lowest BCUT2D eigenvalue weighted by Gasteiger charge is -2.72. The van der Waals surface area contributed by atoms with E-state index < -0.39 is 151 Å². The van der Waals surface area contributed by atoms with Crippen LogP contribution in [0.25, 0.3) is 0 Å². The second-order valence-corrected chi connectivity index (χ2v) is 23.0. The maximum Gasteiger partial charge on any atom is 0.187 e. The Morgan fingerprint density at radius 3 is 1.89 bits per heavy atom. The van der Waals surface area contributed by atoms with Gasteiger partial charge in [-0.1, -0.05) is 46.3 Å². The molecule has 7 rings (SSSR count). The Labute approximate surface area is 388 Å². The van der Waals surface area contributed by atoms with Gasteiger partial charge in [-0.05, 0) is 124 Å². The van der Waals surface area contributed by atoms with E-state index in [1.807, 2.05) is 34.6 Å². The van der Waals surface area contributed by atoms with Crippen LogP contribution in [0.3, 0.4) is 0 Å². The first kappa shape index (κ1) is 52.8. The molecule has 0 spiro atoms. The third-order valence-electron chi connectivity index (χ3n) is 18.7. The van der Waals surface area contributed by atoms with Crippen molar-refractivity contribution in [1.82, 2.24) is 0 Å². The van der Waals surface area contributed by atoms with Gasteiger partial charge in [0.25, 0.3) is 0 Å². The molecule has 12 N–H and O–H groups in total. The molecule has 0 bridgehead atoms. The Kier molecular flexibility index (Phi) is 15.4. The van der Waals surface area contributed by atoms with Gasteiger partial charge in [-0.3, -0.25) is 0 Å². The van der Waals surface area contributed by atoms with E-state index in [0.717, 1.165) is 5.57 Å². The fourth-order valence-electron chi connectivity index (χ4n) is 14.9. The predicted octanol–water partition coefficient (Wildman–Crippen LogP) is -0.0284. The van der Waals surface area contributed by atoms with Crippen LogP contribution in [0.15, 0.2) is 11.6 Å². The summed E-state index contributed by atoms with van der Waals surface area (Å²) in [6, 6.07) is 0. The van der Waals surface area contributed by atoms with Crippen molar-refractivity contribution in [3.05, 3.63) is 11.6 Å². The predicted molar refractivity (Wildman–Crippen MR) is 234 cm³/mol. The summed E-state index contributed by atoms with van der Waals surface area (Å²) in [7, 11) is 0. The summed E-state index contributed by atoms with van der Waals surface area (Å²) in [5, 5.41) is 132. The molecule has 4 saturated carbocycles. The van der Waals surface area contributed by atoms with Crippen LogP contribution < -0.4 is 0 Å². The van der Waals surface area contributed by atoms with Crippen LogP contribution in [-0.2, 0) is 28.4 Å². The van der Waals surface area contributed by atoms with E-state index in [0.29, 0.717) is 51.4 Å². The second-order valence-electron chi connectivity index (χ2n) is 23.0. The van der Waals surface area contributed by atoms with E-state index in [-0.39, 0.29) is 23.7 Å². The molecule has 0 amide bonds. The molecule has 7 fully saturated rings. The molecule has 3 saturated heterocycles. The number of rotatable bonds is 12. The quantitative estimate of drug-likeness (QED) is 0.0904. The highest BCUT2D eigenvalue weighted by atomic mass is 16.8. The molecule has 2 unspecified atom stereocenters. The van der Waals surface area contributed by atoms with Crippen molar-refractivity contribution < 1.29 is 89.7 Å². The van der Waals surface area contributed by atoms with Gasteiger partial charge < -0.3 is 89.7 Å². The average Bonchev–Trinajstić information content (AvgIpc) is 3.64. The SMILES string of the molecule is CC(C)=CCC[C@](C)(O[C@@H]1O[C@H](CO)[C@@H](O)[C@H](O)[C@H]1O)[C@H]1CC[C@]2(C)[C@@H]1[C@@H](O)C[C@@H]1[C@@]3(C)CCC(O)C(C)(C)C3[C@H](O[C@@H]3O[C@H](CO)[C@@H](O)[C@H](O)[C@H]3O[C@@H]3O[C@@H](C)[C@H](O)[C@@H](O)[C@H]3O)C[C@]12C. The Morgan fingerprint density at radius 2 is 1.27 bits per heavy atom. The normalized spacial score (nSPS) is 53.5. The lowest BCUT2D eigenvalue weighted by atomic mass is 9.34. The van der Waals surface area contributed by atoms with Gasteiger partial charge in [-0.25, -0.2) is 0 Å². The van der Waals surface area contributed by atoms with Crippen molar-refractivity contribution in [2.45, 2.75) is 230 Å². The number of hydrogen-bond acceptors (Lipinski definition) is 18. The average molecular weight is 947 g/mol. The molecule has 18 heteroatoms. The highest BCUT2D eigenvalue weighted by Gasteiger charge is 2.74. The number of aliphatic hydroxyl groups excluding tert-OH is 12. The maximum atomic E-state index is 12.7. The molecule has 0 aromatic carbocycles. The van der Waals surface area contributed by atoms with Gasteiger partial charge in [0.2, 0.25) is 0 Å². The van der Waals surface area contributed by atoms with Gasteiger partial charge in [0, 0.05) is 0 Å². The molecule has 0 aromatic rings. The van der Waals surface area contributed by atoms with Crippen LogP contribution in [0.5, 0.6) is 0 Å². The highest BCUT2D eigenvalue weighted by Crippen LogP contribution is 2.76. The summed E-state index contributed by atoms with van der Waals surface area (Å²) in [6.07, 6.45) is -18.3. The Bertz CT molecular complexity index is 1700. The van der Waals surface area contributed by atoms with Crippen molar-refractivity contribution >= 4 is 0 Å². The molecule has 4 aliphatic carbocycles. The van der Waals surface area contributed by atoms with Crippen molar-refractivity contribution in [3.63, 3.8) is 0 Å². The van der Waals surface area contributed by atoms with Crippen LogP contribution in [0, 0.1) is 45.3 Å². The van der Waals surface area contributed by atoms with Gasteiger partial charge >= 0.3 is 0 Å². The summed E-state index contributed by atoms with van der Waals surface area (Å²) in [4.78, 5) is 0. The lowest BCUT2D eigenvalue weighted by molar-refractivity contribution is -0.382.